The molecule has 0 radical (unpaired) electrons. The normalized spacial score (nSPS) is 11.6. The summed E-state index contributed by atoms with van der Waals surface area (Å²) in [4.78, 5) is 10.4. The van der Waals surface area contributed by atoms with Crippen molar-refractivity contribution in [3.05, 3.63) is 133 Å². The third kappa shape index (κ3) is 5.61. The second kappa shape index (κ2) is 12.0. The molecule has 0 aliphatic carbocycles. The molecule has 3 nitrogen and oxygen atoms in total. The first-order valence-corrected chi connectivity index (χ1v) is 18.2. The van der Waals surface area contributed by atoms with Gasteiger partial charge in [-0.05, 0) is 59.7 Å². The zero-order valence-electron chi connectivity index (χ0n) is 22.7. The third-order valence-electron chi connectivity index (χ3n) is 7.76. The minimum atomic E-state index is -1.33. The van der Waals surface area contributed by atoms with Gasteiger partial charge in [0.25, 0.3) is 0 Å². The van der Waals surface area contributed by atoms with E-state index >= 15 is 0 Å². The molecule has 3 heterocycles. The first-order chi connectivity index (χ1) is 21.0. The Morgan fingerprint density at radius 3 is 0.907 bits per heavy atom. The maximum Gasteiger partial charge on any atom is 0.0465 e. The number of aromatic nitrogens is 3. The van der Waals surface area contributed by atoms with E-state index in [2.05, 4.69) is 148 Å². The number of para-hydroxylation sites is 4. The fourth-order valence-corrected chi connectivity index (χ4v) is 5.85. The minimum absolute atomic E-state index is 1.18. The Balaban J connectivity index is 0.000000147. The fourth-order valence-electron chi connectivity index (χ4n) is 5.85. The molecule has 213 valence electrons. The van der Waals surface area contributed by atoms with Gasteiger partial charge in [-0.1, -0.05) is 84.9 Å². The molecule has 0 bridgehead atoms. The smallest absolute Gasteiger partial charge is 0.0465 e. The molecule has 0 aliphatic heterocycles. The number of nitrogens with one attached hydrogen (secondary N) is 3. The molecule has 0 unspecified atom stereocenters. The van der Waals surface area contributed by atoms with Gasteiger partial charge in [-0.25, -0.2) is 0 Å². The van der Waals surface area contributed by atoms with E-state index in [1.807, 2.05) is 0 Å². The summed E-state index contributed by atoms with van der Waals surface area (Å²) >= 11 is -1.33. The van der Waals surface area contributed by atoms with Crippen molar-refractivity contribution in [2.75, 3.05) is 0 Å². The number of hydrogen-bond donors (Lipinski definition) is 3. The molecule has 0 spiro atoms. The summed E-state index contributed by atoms with van der Waals surface area (Å²) < 4.78 is 0. The molecule has 6 aromatic carbocycles. The van der Waals surface area contributed by atoms with Crippen molar-refractivity contribution in [3.8, 4) is 11.1 Å². The van der Waals surface area contributed by atoms with Crippen molar-refractivity contribution in [1.82, 2.24) is 15.0 Å². The summed E-state index contributed by atoms with van der Waals surface area (Å²) in [6.07, 6.45) is 0. The van der Waals surface area contributed by atoms with Gasteiger partial charge in [0.1, 0.15) is 0 Å². The average Bonchev–Trinajstić information content (AvgIpc) is 3.71. The predicted octanol–water partition coefficient (Wildman–Crippen LogP) is 12.0. The van der Waals surface area contributed by atoms with Gasteiger partial charge in [0.15, 0.2) is 0 Å². The Morgan fingerprint density at radius 2 is 0.581 bits per heavy atom. The van der Waals surface area contributed by atoms with Crippen LogP contribution in [-0.2, 0) is 11.2 Å². The third-order valence-corrected chi connectivity index (χ3v) is 7.76. The van der Waals surface area contributed by atoms with Gasteiger partial charge < -0.3 is 15.0 Å². The van der Waals surface area contributed by atoms with Gasteiger partial charge >= 0.3 is 41.5 Å². The van der Waals surface area contributed by atoms with Crippen molar-refractivity contribution < 1.29 is 11.2 Å². The van der Waals surface area contributed by atoms with Crippen LogP contribution in [0.2, 0.25) is 0 Å². The Labute approximate surface area is 264 Å². The Hall–Kier alpha value is -3.89. The number of fused-ring (bicyclic) bond motifs is 9. The maximum atomic E-state index is 4.89. The maximum absolute atomic E-state index is 4.89. The minimum Gasteiger partial charge on any atom is -0.355 e. The summed E-state index contributed by atoms with van der Waals surface area (Å²) in [5.74, 6) is 0. The van der Waals surface area contributed by atoms with Crippen LogP contribution in [0.25, 0.3) is 76.5 Å². The number of aromatic amines is 3. The van der Waals surface area contributed by atoms with E-state index in [0.717, 1.165) is 0 Å². The summed E-state index contributed by atoms with van der Waals surface area (Å²) in [5.41, 5.74) is 9.65. The first-order valence-electron chi connectivity index (χ1n) is 13.7. The topological polar surface area (TPSA) is 47.4 Å². The summed E-state index contributed by atoms with van der Waals surface area (Å²) in [5, 5.41) is 7.71. The van der Waals surface area contributed by atoms with Crippen LogP contribution in [0.15, 0.2) is 133 Å². The standard InChI is InChI=1S/C24H16N2.C12H9N.3ClH.Fe/c1-3-7-21-17(5-1)19-13-15(9-11-23(19)25-21)16-10-12-24-20(14-16)18-6-2-4-8-22(18)26-24;1-3-7-11-9(5-1)10-6-2-4-8-12(10)13-11;;;;/h1-14,25-26H;1-8,13H;3*1H;/q;;;;;+3/p-3. The molecule has 9 aromatic rings. The van der Waals surface area contributed by atoms with Crippen molar-refractivity contribution in [3.63, 3.8) is 0 Å². The molecule has 0 saturated carbocycles. The van der Waals surface area contributed by atoms with E-state index in [9.17, 15) is 0 Å². The molecule has 9 rings (SSSR count). The van der Waals surface area contributed by atoms with Gasteiger partial charge in [0, 0.05) is 65.4 Å². The van der Waals surface area contributed by atoms with Crippen LogP contribution in [0.5, 0.6) is 0 Å². The number of hydrogen-bond acceptors (Lipinski definition) is 0. The number of H-pyrrole nitrogens is 3. The molecular formula is C36H25Cl3FeN3. The Kier molecular flexibility index (Phi) is 7.80. The number of halogens is 3. The van der Waals surface area contributed by atoms with Crippen molar-refractivity contribution in [2.45, 2.75) is 0 Å². The van der Waals surface area contributed by atoms with Crippen LogP contribution in [-0.4, -0.2) is 15.0 Å². The molecule has 0 amide bonds. The van der Waals surface area contributed by atoms with Gasteiger partial charge in [-0.3, -0.25) is 0 Å². The van der Waals surface area contributed by atoms with Crippen LogP contribution >= 0.6 is 30.3 Å². The molecule has 0 aliphatic rings. The average molecular weight is 662 g/mol. The molecule has 0 saturated heterocycles. The van der Waals surface area contributed by atoms with Gasteiger partial charge in [-0.15, -0.1) is 0 Å². The second-order valence-electron chi connectivity index (χ2n) is 10.2. The van der Waals surface area contributed by atoms with E-state index in [0.29, 0.717) is 0 Å². The molecule has 43 heavy (non-hydrogen) atoms. The molecule has 7 heteroatoms. The van der Waals surface area contributed by atoms with Crippen LogP contribution in [0.1, 0.15) is 0 Å². The summed E-state index contributed by atoms with van der Waals surface area (Å²) in [6, 6.07) is 47.1. The van der Waals surface area contributed by atoms with Crippen LogP contribution in [0.3, 0.4) is 0 Å². The Morgan fingerprint density at radius 1 is 0.326 bits per heavy atom. The second-order valence-corrected chi connectivity index (χ2v) is 15.7. The van der Waals surface area contributed by atoms with Crippen molar-refractivity contribution in [2.24, 2.45) is 0 Å². The zero-order chi connectivity index (χ0) is 29.3. The van der Waals surface area contributed by atoms with Gasteiger partial charge in [0.2, 0.25) is 0 Å². The largest absolute Gasteiger partial charge is 0.355 e. The zero-order valence-corrected chi connectivity index (χ0v) is 26.1. The first kappa shape index (κ1) is 27.9. The summed E-state index contributed by atoms with van der Waals surface area (Å²) in [7, 11) is 14.7. The molecule has 0 atom stereocenters. The molecular weight excluding hydrogens is 637 g/mol. The fraction of sp³-hybridized carbons (Fsp3) is 0. The number of benzene rings is 6. The van der Waals surface area contributed by atoms with E-state index in [1.54, 1.807) is 0 Å². The van der Waals surface area contributed by atoms with Crippen molar-refractivity contribution >= 4 is 95.7 Å². The van der Waals surface area contributed by atoms with Crippen LogP contribution < -0.4 is 0 Å². The van der Waals surface area contributed by atoms with Crippen LogP contribution in [0, 0.1) is 0 Å². The van der Waals surface area contributed by atoms with E-state index in [1.165, 1.54) is 76.5 Å². The SMILES string of the molecule is [Cl][Fe]([Cl])[Cl].c1ccc2c(c1)[nH]c1ccc(-c3ccc4[nH]c5ccccc5c4c3)cc12.c1ccc2c(c1)[nH]c1ccccc12. The van der Waals surface area contributed by atoms with E-state index < -0.39 is 11.2 Å². The monoisotopic (exact) mass is 660 g/mol. The van der Waals surface area contributed by atoms with E-state index in [-0.39, 0.29) is 0 Å². The van der Waals surface area contributed by atoms with Crippen LogP contribution in [0.4, 0.5) is 0 Å². The number of rotatable bonds is 1. The van der Waals surface area contributed by atoms with Gasteiger partial charge in [0.05, 0.1) is 0 Å². The molecule has 3 N–H and O–H groups in total. The summed E-state index contributed by atoms with van der Waals surface area (Å²) in [6.45, 7) is 0. The predicted molar refractivity (Wildman–Crippen MR) is 184 cm³/mol. The molecule has 0 fully saturated rings. The Bertz CT molecular complexity index is 2200. The quantitative estimate of drug-likeness (QED) is 0.147. The van der Waals surface area contributed by atoms with Crippen molar-refractivity contribution in [1.29, 1.82) is 0 Å². The van der Waals surface area contributed by atoms with Gasteiger partial charge in [-0.2, -0.15) is 0 Å². The molecule has 3 aromatic heterocycles. The van der Waals surface area contributed by atoms with E-state index in [4.69, 9.17) is 30.3 Å².